The van der Waals surface area contributed by atoms with Crippen LogP contribution in [-0.2, 0) is 25.7 Å². The molecule has 0 aromatic heterocycles. The Morgan fingerprint density at radius 1 is 1.10 bits per heavy atom. The van der Waals surface area contributed by atoms with Gasteiger partial charge in [0.25, 0.3) is 0 Å². The Bertz CT molecular complexity index is 841. The maximum atomic E-state index is 12.9. The largest absolute Gasteiger partial charge is 0.416 e. The normalized spacial score (nSPS) is 25.2. The van der Waals surface area contributed by atoms with Gasteiger partial charge in [-0.3, -0.25) is 4.79 Å². The van der Waals surface area contributed by atoms with Gasteiger partial charge in [0.05, 0.1) is 22.7 Å². The summed E-state index contributed by atoms with van der Waals surface area (Å²) in [6.07, 6.45) is -4.03. The Morgan fingerprint density at radius 3 is 2.24 bits per heavy atom. The van der Waals surface area contributed by atoms with E-state index in [2.05, 4.69) is 0 Å². The number of ether oxygens (including phenoxy) is 1. The first-order valence-electron chi connectivity index (χ1n) is 9.60. The second-order valence-corrected chi connectivity index (χ2v) is 9.64. The predicted octanol–water partition coefficient (Wildman–Crippen LogP) is 2.74. The van der Waals surface area contributed by atoms with Gasteiger partial charge in [-0.2, -0.15) is 17.5 Å². The zero-order valence-corrected chi connectivity index (χ0v) is 17.2. The van der Waals surface area contributed by atoms with E-state index in [1.807, 2.05) is 13.8 Å². The molecule has 2 heterocycles. The number of hydrogen-bond donors (Lipinski definition) is 0. The van der Waals surface area contributed by atoms with Crippen LogP contribution in [-0.4, -0.2) is 61.9 Å². The average molecular weight is 434 g/mol. The number of nitrogens with zero attached hydrogens (tertiary/aromatic N) is 2. The van der Waals surface area contributed by atoms with E-state index in [9.17, 15) is 26.4 Å². The van der Waals surface area contributed by atoms with E-state index in [0.717, 1.165) is 16.4 Å². The van der Waals surface area contributed by atoms with Gasteiger partial charge in [-0.25, -0.2) is 8.42 Å². The molecular weight excluding hydrogens is 409 g/mol. The Morgan fingerprint density at radius 2 is 1.69 bits per heavy atom. The van der Waals surface area contributed by atoms with E-state index < -0.39 is 21.8 Å². The highest BCUT2D eigenvalue weighted by Gasteiger charge is 2.37. The Balaban J connectivity index is 1.66. The summed E-state index contributed by atoms with van der Waals surface area (Å²) in [6.45, 7) is 5.02. The minimum absolute atomic E-state index is 0.0110. The Hall–Kier alpha value is -1.65. The third kappa shape index (κ3) is 4.92. The van der Waals surface area contributed by atoms with Crippen LogP contribution < -0.4 is 0 Å². The summed E-state index contributed by atoms with van der Waals surface area (Å²) in [5, 5.41) is 0. The molecule has 3 rings (SSSR count). The van der Waals surface area contributed by atoms with E-state index in [-0.39, 0.29) is 42.0 Å². The van der Waals surface area contributed by atoms with Crippen molar-refractivity contribution in [1.82, 2.24) is 9.21 Å². The van der Waals surface area contributed by atoms with Crippen molar-refractivity contribution in [3.63, 3.8) is 0 Å². The van der Waals surface area contributed by atoms with Gasteiger partial charge >= 0.3 is 6.18 Å². The number of hydrogen-bond acceptors (Lipinski definition) is 4. The van der Waals surface area contributed by atoms with Crippen LogP contribution in [0.4, 0.5) is 13.2 Å². The molecule has 2 aliphatic rings. The number of carbonyl (C=O) groups excluding carboxylic acids is 1. The van der Waals surface area contributed by atoms with Crippen molar-refractivity contribution < 1.29 is 31.1 Å². The Kier molecular flexibility index (Phi) is 6.26. The number of benzene rings is 1. The van der Waals surface area contributed by atoms with Crippen molar-refractivity contribution in [2.75, 3.05) is 26.2 Å². The molecule has 1 aromatic rings. The van der Waals surface area contributed by atoms with Crippen molar-refractivity contribution in [2.24, 2.45) is 5.92 Å². The van der Waals surface area contributed by atoms with Gasteiger partial charge in [0.15, 0.2) is 0 Å². The van der Waals surface area contributed by atoms with E-state index in [4.69, 9.17) is 4.74 Å². The average Bonchev–Trinajstić information content (AvgIpc) is 2.66. The van der Waals surface area contributed by atoms with Gasteiger partial charge in [-0.05, 0) is 44.9 Å². The number of rotatable bonds is 3. The molecule has 0 N–H and O–H groups in total. The number of alkyl halides is 3. The lowest BCUT2D eigenvalue weighted by Gasteiger charge is -2.39. The summed E-state index contributed by atoms with van der Waals surface area (Å²) in [6, 6.07) is 3.75. The molecule has 1 amide bonds. The summed E-state index contributed by atoms with van der Waals surface area (Å²) in [5.74, 6) is -0.302. The van der Waals surface area contributed by atoms with Crippen molar-refractivity contribution in [1.29, 1.82) is 0 Å². The maximum absolute atomic E-state index is 12.9. The first-order valence-corrected chi connectivity index (χ1v) is 11.0. The van der Waals surface area contributed by atoms with Crippen LogP contribution >= 0.6 is 0 Å². The maximum Gasteiger partial charge on any atom is 0.416 e. The smallest absolute Gasteiger partial charge is 0.372 e. The predicted molar refractivity (Wildman–Crippen MR) is 99.5 cm³/mol. The van der Waals surface area contributed by atoms with Gasteiger partial charge < -0.3 is 9.64 Å². The second kappa shape index (κ2) is 8.23. The number of amides is 1. The lowest BCUT2D eigenvalue weighted by Crippen LogP contribution is -2.51. The zero-order chi connectivity index (χ0) is 21.4. The molecule has 6 nitrogen and oxygen atoms in total. The van der Waals surface area contributed by atoms with E-state index >= 15 is 0 Å². The van der Waals surface area contributed by atoms with Gasteiger partial charge in [-0.1, -0.05) is 6.07 Å². The van der Waals surface area contributed by atoms with Gasteiger partial charge in [0.1, 0.15) is 0 Å². The molecule has 1 aromatic carbocycles. The highest BCUT2D eigenvalue weighted by Crippen LogP contribution is 2.32. The third-order valence-corrected chi connectivity index (χ3v) is 7.23. The molecule has 2 fully saturated rings. The highest BCUT2D eigenvalue weighted by atomic mass is 32.2. The minimum atomic E-state index is -4.61. The van der Waals surface area contributed by atoms with Crippen molar-refractivity contribution >= 4 is 15.9 Å². The summed E-state index contributed by atoms with van der Waals surface area (Å²) in [5.41, 5.74) is -1.00. The molecule has 29 heavy (non-hydrogen) atoms. The first-order chi connectivity index (χ1) is 13.5. The van der Waals surface area contributed by atoms with Crippen LogP contribution in [0, 0.1) is 5.92 Å². The first kappa shape index (κ1) is 22.0. The monoisotopic (exact) mass is 434 g/mol. The van der Waals surface area contributed by atoms with Crippen LogP contribution in [0.25, 0.3) is 0 Å². The molecule has 0 saturated carbocycles. The molecule has 0 aliphatic carbocycles. The van der Waals surface area contributed by atoms with E-state index in [1.54, 1.807) is 4.90 Å². The van der Waals surface area contributed by atoms with Crippen LogP contribution in [0.5, 0.6) is 0 Å². The van der Waals surface area contributed by atoms with Crippen LogP contribution in [0.3, 0.4) is 0 Å². The fraction of sp³-hybridized carbons (Fsp3) is 0.632. The summed E-state index contributed by atoms with van der Waals surface area (Å²) < 4.78 is 71.1. The molecule has 0 spiro atoms. The Labute approximate surface area is 168 Å². The lowest BCUT2D eigenvalue weighted by molar-refractivity contribution is -0.148. The van der Waals surface area contributed by atoms with Gasteiger partial charge in [0, 0.05) is 32.1 Å². The number of morpholine rings is 1. The van der Waals surface area contributed by atoms with Crippen LogP contribution in [0.1, 0.15) is 32.3 Å². The van der Waals surface area contributed by atoms with Crippen LogP contribution in [0.15, 0.2) is 29.2 Å². The number of halogens is 3. The molecule has 2 saturated heterocycles. The lowest BCUT2D eigenvalue weighted by atomic mass is 9.96. The second-order valence-electron chi connectivity index (χ2n) is 7.70. The number of carbonyl (C=O) groups is 1. The number of piperidine rings is 1. The van der Waals surface area contributed by atoms with Crippen molar-refractivity contribution in [2.45, 2.75) is 50.0 Å². The summed E-state index contributed by atoms with van der Waals surface area (Å²) >= 11 is 0. The fourth-order valence-corrected chi connectivity index (χ4v) is 5.46. The zero-order valence-electron chi connectivity index (χ0n) is 16.4. The van der Waals surface area contributed by atoms with E-state index in [0.29, 0.717) is 32.0 Å². The molecule has 162 valence electrons. The molecular formula is C19H25F3N2O4S. The minimum Gasteiger partial charge on any atom is -0.372 e. The SMILES string of the molecule is C[C@H]1CN(C(=O)C2CCN(S(=O)(=O)c3cccc(C(F)(F)F)c3)CC2)C[C@H](C)O1. The third-order valence-electron chi connectivity index (χ3n) is 5.33. The van der Waals surface area contributed by atoms with E-state index in [1.165, 1.54) is 6.07 Å². The van der Waals surface area contributed by atoms with Gasteiger partial charge in [-0.15, -0.1) is 0 Å². The molecule has 10 heteroatoms. The standard InChI is InChI=1S/C19H25F3N2O4S/c1-13-11-23(12-14(2)28-13)18(25)15-6-8-24(9-7-15)29(26,27)17-5-3-4-16(10-17)19(20,21)22/h3-5,10,13-15H,6-9,11-12H2,1-2H3/t13-,14-/m0/s1. The van der Waals surface area contributed by atoms with Crippen molar-refractivity contribution in [3.05, 3.63) is 29.8 Å². The molecule has 2 atom stereocenters. The topological polar surface area (TPSA) is 66.9 Å². The molecule has 0 unspecified atom stereocenters. The summed E-state index contributed by atoms with van der Waals surface area (Å²) in [4.78, 5) is 14.2. The fourth-order valence-electron chi connectivity index (χ4n) is 3.94. The van der Waals surface area contributed by atoms with Crippen LogP contribution in [0.2, 0.25) is 0 Å². The van der Waals surface area contributed by atoms with Gasteiger partial charge in [0.2, 0.25) is 15.9 Å². The quantitative estimate of drug-likeness (QED) is 0.734. The number of sulfonamides is 1. The highest BCUT2D eigenvalue weighted by molar-refractivity contribution is 7.89. The molecule has 2 aliphatic heterocycles. The summed E-state index contributed by atoms with van der Waals surface area (Å²) in [7, 11) is -4.05. The van der Waals surface area contributed by atoms with Crippen molar-refractivity contribution in [3.8, 4) is 0 Å². The molecule has 0 radical (unpaired) electrons. The molecule has 0 bridgehead atoms.